The van der Waals surface area contributed by atoms with Crippen LogP contribution in [0.25, 0.3) is 0 Å². The highest BCUT2D eigenvalue weighted by molar-refractivity contribution is 7.98. The number of aliphatic hydroxyl groups excluding tert-OH is 1. The number of halogens is 1. The van der Waals surface area contributed by atoms with Crippen molar-refractivity contribution in [2.75, 3.05) is 12.4 Å². The second kappa shape index (κ2) is 7.12. The van der Waals surface area contributed by atoms with E-state index in [2.05, 4.69) is 0 Å². The topological polar surface area (TPSA) is 46.2 Å². The fourth-order valence-electron chi connectivity index (χ4n) is 1.18. The summed E-state index contributed by atoms with van der Waals surface area (Å²) < 4.78 is 0. The first-order valence-electron chi connectivity index (χ1n) is 4.91. The van der Waals surface area contributed by atoms with E-state index in [0.717, 1.165) is 22.1 Å². The standard InChI is InChI=1S/C11H16ClNOS/c12-11-4-2-1-3-9(11)7-15-8-10(13)5-6-14/h1-4,10,14H,5-8,13H2. The maximum absolute atomic E-state index is 8.69. The molecule has 1 aromatic rings. The lowest BCUT2D eigenvalue weighted by atomic mass is 10.2. The van der Waals surface area contributed by atoms with Crippen molar-refractivity contribution in [3.63, 3.8) is 0 Å². The van der Waals surface area contributed by atoms with Gasteiger partial charge in [0.1, 0.15) is 0 Å². The Morgan fingerprint density at radius 2 is 2.13 bits per heavy atom. The fraction of sp³-hybridized carbons (Fsp3) is 0.455. The van der Waals surface area contributed by atoms with Crippen molar-refractivity contribution in [2.24, 2.45) is 5.73 Å². The summed E-state index contributed by atoms with van der Waals surface area (Å²) in [4.78, 5) is 0. The van der Waals surface area contributed by atoms with E-state index in [-0.39, 0.29) is 12.6 Å². The predicted octanol–water partition coefficient (Wildman–Crippen LogP) is 2.28. The van der Waals surface area contributed by atoms with Crippen LogP contribution in [0.3, 0.4) is 0 Å². The summed E-state index contributed by atoms with van der Waals surface area (Å²) in [6.45, 7) is 0.161. The molecule has 1 atom stereocenters. The minimum absolute atomic E-state index is 0.0717. The van der Waals surface area contributed by atoms with Crippen molar-refractivity contribution in [3.8, 4) is 0 Å². The van der Waals surface area contributed by atoms with Gasteiger partial charge in [0.15, 0.2) is 0 Å². The molecule has 0 saturated carbocycles. The van der Waals surface area contributed by atoms with Crippen molar-refractivity contribution in [1.82, 2.24) is 0 Å². The van der Waals surface area contributed by atoms with Gasteiger partial charge in [-0.25, -0.2) is 0 Å². The molecule has 1 aromatic carbocycles. The van der Waals surface area contributed by atoms with E-state index < -0.39 is 0 Å². The maximum Gasteiger partial charge on any atom is 0.0446 e. The van der Waals surface area contributed by atoms with Crippen molar-refractivity contribution in [1.29, 1.82) is 0 Å². The molecule has 0 aliphatic heterocycles. The van der Waals surface area contributed by atoms with Gasteiger partial charge in [-0.1, -0.05) is 29.8 Å². The lowest BCUT2D eigenvalue weighted by Crippen LogP contribution is -2.24. The Bertz CT molecular complexity index is 296. The molecule has 0 radical (unpaired) electrons. The Balaban J connectivity index is 2.29. The summed E-state index contributed by atoms with van der Waals surface area (Å²) in [6.07, 6.45) is 0.662. The minimum atomic E-state index is 0.0717. The van der Waals surface area contributed by atoms with Gasteiger partial charge in [-0.05, 0) is 18.1 Å². The molecule has 0 fully saturated rings. The third kappa shape index (κ3) is 4.89. The average molecular weight is 246 g/mol. The number of hydrogen-bond donors (Lipinski definition) is 2. The molecule has 1 rings (SSSR count). The van der Waals surface area contributed by atoms with E-state index in [9.17, 15) is 0 Å². The van der Waals surface area contributed by atoms with Crippen LogP contribution in [-0.2, 0) is 5.75 Å². The van der Waals surface area contributed by atoms with E-state index >= 15 is 0 Å². The second-order valence-corrected chi connectivity index (χ2v) is 4.82. The summed E-state index contributed by atoms with van der Waals surface area (Å²) in [5.74, 6) is 1.73. The zero-order chi connectivity index (χ0) is 11.1. The van der Waals surface area contributed by atoms with Gasteiger partial charge in [0, 0.05) is 29.2 Å². The molecular weight excluding hydrogens is 230 g/mol. The number of thioether (sulfide) groups is 1. The Morgan fingerprint density at radius 1 is 1.40 bits per heavy atom. The quantitative estimate of drug-likeness (QED) is 0.809. The molecule has 0 aromatic heterocycles. The third-order valence-electron chi connectivity index (χ3n) is 2.05. The largest absolute Gasteiger partial charge is 0.396 e. The van der Waals surface area contributed by atoms with Gasteiger partial charge in [0.2, 0.25) is 0 Å². The van der Waals surface area contributed by atoms with Gasteiger partial charge in [-0.3, -0.25) is 0 Å². The summed E-state index contributed by atoms with van der Waals surface area (Å²) in [5, 5.41) is 9.49. The van der Waals surface area contributed by atoms with Crippen molar-refractivity contribution < 1.29 is 5.11 Å². The Hall–Kier alpha value is -0.220. The summed E-state index contributed by atoms with van der Waals surface area (Å²) >= 11 is 7.76. The van der Waals surface area contributed by atoms with E-state index in [1.807, 2.05) is 24.3 Å². The first kappa shape index (κ1) is 12.8. The predicted molar refractivity (Wildman–Crippen MR) is 67.3 cm³/mol. The van der Waals surface area contributed by atoms with Crippen LogP contribution in [0.4, 0.5) is 0 Å². The van der Waals surface area contributed by atoms with Gasteiger partial charge in [-0.15, -0.1) is 0 Å². The summed E-state index contributed by atoms with van der Waals surface area (Å²) in [5.41, 5.74) is 6.91. The zero-order valence-corrected chi connectivity index (χ0v) is 10.1. The molecule has 15 heavy (non-hydrogen) atoms. The highest BCUT2D eigenvalue weighted by Gasteiger charge is 2.03. The van der Waals surface area contributed by atoms with Crippen LogP contribution >= 0.6 is 23.4 Å². The molecule has 0 bridgehead atoms. The molecule has 3 N–H and O–H groups in total. The maximum atomic E-state index is 8.69. The summed E-state index contributed by atoms with van der Waals surface area (Å²) in [7, 11) is 0. The number of nitrogens with two attached hydrogens (primary N) is 1. The molecule has 1 unspecified atom stereocenters. The summed E-state index contributed by atoms with van der Waals surface area (Å²) in [6, 6.07) is 7.89. The highest BCUT2D eigenvalue weighted by atomic mass is 35.5. The number of aliphatic hydroxyl groups is 1. The molecule has 0 amide bonds. The number of rotatable bonds is 6. The molecule has 0 saturated heterocycles. The van der Waals surface area contributed by atoms with Gasteiger partial charge in [-0.2, -0.15) is 11.8 Å². The zero-order valence-electron chi connectivity index (χ0n) is 8.53. The smallest absolute Gasteiger partial charge is 0.0446 e. The monoisotopic (exact) mass is 245 g/mol. The van der Waals surface area contributed by atoms with Gasteiger partial charge in [0.05, 0.1) is 0 Å². The first-order chi connectivity index (χ1) is 7.24. The fourth-order valence-corrected chi connectivity index (χ4v) is 2.53. The Morgan fingerprint density at radius 3 is 2.80 bits per heavy atom. The van der Waals surface area contributed by atoms with Crippen LogP contribution in [0.5, 0.6) is 0 Å². The van der Waals surface area contributed by atoms with Crippen LogP contribution in [0, 0.1) is 0 Å². The van der Waals surface area contributed by atoms with Gasteiger partial charge < -0.3 is 10.8 Å². The number of benzene rings is 1. The Labute approximate surface area is 99.8 Å². The lowest BCUT2D eigenvalue weighted by Gasteiger charge is -2.09. The first-order valence-corrected chi connectivity index (χ1v) is 6.45. The van der Waals surface area contributed by atoms with E-state index in [1.54, 1.807) is 11.8 Å². The molecular formula is C11H16ClNOS. The normalized spacial score (nSPS) is 12.7. The molecule has 0 aliphatic rings. The van der Waals surface area contributed by atoms with Crippen LogP contribution in [0.15, 0.2) is 24.3 Å². The second-order valence-electron chi connectivity index (χ2n) is 3.38. The van der Waals surface area contributed by atoms with Crippen LogP contribution < -0.4 is 5.73 Å². The molecule has 84 valence electrons. The SMILES string of the molecule is NC(CCO)CSCc1ccccc1Cl. The van der Waals surface area contributed by atoms with E-state index in [4.69, 9.17) is 22.4 Å². The van der Waals surface area contributed by atoms with Crippen molar-refractivity contribution >= 4 is 23.4 Å². The molecule has 2 nitrogen and oxygen atoms in total. The van der Waals surface area contributed by atoms with Crippen LogP contribution in [0.2, 0.25) is 5.02 Å². The molecule has 0 heterocycles. The lowest BCUT2D eigenvalue weighted by molar-refractivity contribution is 0.279. The van der Waals surface area contributed by atoms with Crippen LogP contribution in [0.1, 0.15) is 12.0 Å². The molecule has 4 heteroatoms. The van der Waals surface area contributed by atoms with Gasteiger partial charge in [0.25, 0.3) is 0 Å². The van der Waals surface area contributed by atoms with E-state index in [0.29, 0.717) is 6.42 Å². The van der Waals surface area contributed by atoms with Crippen LogP contribution in [-0.4, -0.2) is 23.5 Å². The number of hydrogen-bond acceptors (Lipinski definition) is 3. The minimum Gasteiger partial charge on any atom is -0.396 e. The van der Waals surface area contributed by atoms with Gasteiger partial charge >= 0.3 is 0 Å². The average Bonchev–Trinajstić information content (AvgIpc) is 2.21. The third-order valence-corrected chi connectivity index (χ3v) is 3.59. The van der Waals surface area contributed by atoms with Crippen molar-refractivity contribution in [3.05, 3.63) is 34.9 Å². The van der Waals surface area contributed by atoms with Crippen molar-refractivity contribution in [2.45, 2.75) is 18.2 Å². The molecule has 0 spiro atoms. The highest BCUT2D eigenvalue weighted by Crippen LogP contribution is 2.21. The molecule has 0 aliphatic carbocycles. The Kier molecular flexibility index (Phi) is 6.10. The van der Waals surface area contributed by atoms with E-state index in [1.165, 1.54) is 0 Å².